The predicted molar refractivity (Wildman–Crippen MR) is 110 cm³/mol. The molecule has 150 valence electrons. The van der Waals surface area contributed by atoms with E-state index in [2.05, 4.69) is 12.2 Å². The number of hydrogen-bond donors (Lipinski definition) is 0. The quantitative estimate of drug-likeness (QED) is 0.439. The van der Waals surface area contributed by atoms with Crippen LogP contribution in [0.25, 0.3) is 0 Å². The minimum Gasteiger partial charge on any atom is -0.485 e. The lowest BCUT2D eigenvalue weighted by atomic mass is 9.63. The number of rotatable bonds is 5. The highest BCUT2D eigenvalue weighted by molar-refractivity contribution is 6.22. The standard InChI is InChI=1S/C25H21NO4/c27-21(14-4-2-1-3-5-14)13-30-16-8-6-15(7-9-16)26-24(28)22-17-10-11-18(20-12-19(17)20)23(22)25(26)29/h1-11,17-20,22-23H,12-13H2/t17-,18+,19?,20?,22-,23+. The number of nitrogens with zero attached hydrogens (tertiary/aromatic N) is 1. The zero-order valence-corrected chi connectivity index (χ0v) is 16.3. The Morgan fingerprint density at radius 3 is 2.07 bits per heavy atom. The van der Waals surface area contributed by atoms with Crippen molar-refractivity contribution in [2.45, 2.75) is 6.42 Å². The van der Waals surface area contributed by atoms with Crippen molar-refractivity contribution in [3.8, 4) is 5.75 Å². The fourth-order valence-electron chi connectivity index (χ4n) is 5.76. The second kappa shape index (κ2) is 6.39. The number of amides is 2. The molecule has 2 aromatic rings. The lowest BCUT2D eigenvalue weighted by Gasteiger charge is -2.37. The normalized spacial score (nSPS) is 32.7. The monoisotopic (exact) mass is 399 g/mol. The Hall–Kier alpha value is -3.21. The maximum absolute atomic E-state index is 13.2. The lowest BCUT2D eigenvalue weighted by Crippen LogP contribution is -2.40. The van der Waals surface area contributed by atoms with Gasteiger partial charge in [0.2, 0.25) is 11.8 Å². The number of carbonyl (C=O) groups excluding carboxylic acids is 3. The molecule has 1 heterocycles. The van der Waals surface area contributed by atoms with Crippen LogP contribution in [0.5, 0.6) is 5.75 Å². The molecule has 2 aromatic carbocycles. The van der Waals surface area contributed by atoms with E-state index in [1.807, 2.05) is 18.2 Å². The summed E-state index contributed by atoms with van der Waals surface area (Å²) in [5.74, 6) is 1.53. The summed E-state index contributed by atoms with van der Waals surface area (Å²) < 4.78 is 5.60. The van der Waals surface area contributed by atoms with Gasteiger partial charge in [0.05, 0.1) is 17.5 Å². The summed E-state index contributed by atoms with van der Waals surface area (Å²) in [6.07, 6.45) is 5.51. The molecule has 2 unspecified atom stereocenters. The molecule has 0 aromatic heterocycles. The van der Waals surface area contributed by atoms with E-state index in [1.165, 1.54) is 4.90 Å². The number of carbonyl (C=O) groups is 3. The highest BCUT2D eigenvalue weighted by Crippen LogP contribution is 2.65. The number of hydrogen-bond acceptors (Lipinski definition) is 4. The number of imide groups is 1. The zero-order chi connectivity index (χ0) is 20.4. The summed E-state index contributed by atoms with van der Waals surface area (Å²) in [7, 11) is 0. The first-order chi connectivity index (χ1) is 14.6. The molecule has 5 heteroatoms. The summed E-state index contributed by atoms with van der Waals surface area (Å²) in [5.41, 5.74) is 1.18. The minimum absolute atomic E-state index is 0.0626. The van der Waals surface area contributed by atoms with Gasteiger partial charge in [-0.1, -0.05) is 42.5 Å². The SMILES string of the molecule is O=C(COc1ccc(N2C(=O)[C@@H]3[C@H](C2=O)[C@@H]2C=C[C@H]3C3CC32)cc1)c1ccccc1. The van der Waals surface area contributed by atoms with Crippen LogP contribution in [0.15, 0.2) is 66.7 Å². The summed E-state index contributed by atoms with van der Waals surface area (Å²) in [5, 5.41) is 0. The van der Waals surface area contributed by atoms with E-state index in [4.69, 9.17) is 4.74 Å². The first-order valence-corrected chi connectivity index (χ1v) is 10.5. The van der Waals surface area contributed by atoms with Gasteiger partial charge in [-0.2, -0.15) is 0 Å². The molecule has 3 fully saturated rings. The fourth-order valence-corrected chi connectivity index (χ4v) is 5.76. The van der Waals surface area contributed by atoms with Crippen LogP contribution in [0.3, 0.4) is 0 Å². The molecule has 2 saturated carbocycles. The van der Waals surface area contributed by atoms with Crippen molar-refractivity contribution in [1.82, 2.24) is 0 Å². The Morgan fingerprint density at radius 2 is 1.47 bits per heavy atom. The van der Waals surface area contributed by atoms with Crippen molar-refractivity contribution < 1.29 is 19.1 Å². The third-order valence-electron chi connectivity index (χ3n) is 7.22. The van der Waals surface area contributed by atoms with Crippen LogP contribution in [0, 0.1) is 35.5 Å². The number of ketones is 1. The van der Waals surface area contributed by atoms with Crippen LogP contribution in [-0.4, -0.2) is 24.2 Å². The first-order valence-electron chi connectivity index (χ1n) is 10.5. The summed E-state index contributed by atoms with van der Waals surface area (Å²) in [6, 6.07) is 15.9. The third kappa shape index (κ3) is 2.51. The van der Waals surface area contributed by atoms with Crippen molar-refractivity contribution >= 4 is 23.3 Å². The number of anilines is 1. The van der Waals surface area contributed by atoms with Crippen LogP contribution in [0.4, 0.5) is 5.69 Å². The lowest BCUT2D eigenvalue weighted by molar-refractivity contribution is -0.124. The summed E-state index contributed by atoms with van der Waals surface area (Å²) in [6.45, 7) is -0.0626. The van der Waals surface area contributed by atoms with Crippen LogP contribution in [0.1, 0.15) is 16.8 Å². The van der Waals surface area contributed by atoms with E-state index in [0.29, 0.717) is 28.8 Å². The van der Waals surface area contributed by atoms with Gasteiger partial charge in [0, 0.05) is 5.56 Å². The first kappa shape index (κ1) is 17.6. The number of benzene rings is 2. The second-order valence-corrected chi connectivity index (χ2v) is 8.74. The molecule has 2 bridgehead atoms. The van der Waals surface area contributed by atoms with Crippen LogP contribution >= 0.6 is 0 Å². The summed E-state index contributed by atoms with van der Waals surface area (Å²) in [4.78, 5) is 39.9. The van der Waals surface area contributed by atoms with Crippen LogP contribution in [0.2, 0.25) is 0 Å². The van der Waals surface area contributed by atoms with Crippen molar-refractivity contribution in [2.75, 3.05) is 11.5 Å². The molecular weight excluding hydrogens is 378 g/mol. The highest BCUT2D eigenvalue weighted by atomic mass is 16.5. The molecule has 30 heavy (non-hydrogen) atoms. The Labute approximate surface area is 174 Å². The highest BCUT2D eigenvalue weighted by Gasteiger charge is 2.67. The van der Waals surface area contributed by atoms with Gasteiger partial charge in [0.25, 0.3) is 0 Å². The number of allylic oxidation sites excluding steroid dienone is 2. The Balaban J connectivity index is 1.17. The molecule has 6 atom stereocenters. The van der Waals surface area contributed by atoms with Crippen LogP contribution in [-0.2, 0) is 9.59 Å². The molecule has 0 spiro atoms. The molecule has 5 aliphatic rings. The molecule has 0 radical (unpaired) electrons. The Morgan fingerprint density at radius 1 is 0.867 bits per heavy atom. The average molecular weight is 399 g/mol. The Bertz CT molecular complexity index is 1040. The van der Waals surface area contributed by atoms with E-state index in [9.17, 15) is 14.4 Å². The van der Waals surface area contributed by atoms with Crippen molar-refractivity contribution in [2.24, 2.45) is 35.5 Å². The predicted octanol–water partition coefficient (Wildman–Crippen LogP) is 3.51. The van der Waals surface area contributed by atoms with Crippen molar-refractivity contribution in [3.63, 3.8) is 0 Å². The maximum atomic E-state index is 13.2. The average Bonchev–Trinajstić information content (AvgIpc) is 3.57. The smallest absolute Gasteiger partial charge is 0.238 e. The van der Waals surface area contributed by atoms with E-state index in [0.717, 1.165) is 6.42 Å². The fraction of sp³-hybridized carbons (Fsp3) is 0.320. The zero-order valence-electron chi connectivity index (χ0n) is 16.3. The molecule has 2 amide bonds. The van der Waals surface area contributed by atoms with Gasteiger partial charge in [0.1, 0.15) is 5.75 Å². The number of ether oxygens (including phenoxy) is 1. The van der Waals surface area contributed by atoms with Crippen LogP contribution < -0.4 is 9.64 Å². The molecular formula is C25H21NO4. The van der Waals surface area contributed by atoms with Gasteiger partial charge in [-0.05, 0) is 54.4 Å². The summed E-state index contributed by atoms with van der Waals surface area (Å²) >= 11 is 0. The van der Waals surface area contributed by atoms with Gasteiger partial charge < -0.3 is 4.74 Å². The maximum Gasteiger partial charge on any atom is 0.238 e. The van der Waals surface area contributed by atoms with Crippen molar-refractivity contribution in [3.05, 3.63) is 72.3 Å². The van der Waals surface area contributed by atoms with Crippen molar-refractivity contribution in [1.29, 1.82) is 0 Å². The molecule has 7 rings (SSSR count). The van der Waals surface area contributed by atoms with Gasteiger partial charge in [0.15, 0.2) is 12.4 Å². The second-order valence-electron chi connectivity index (χ2n) is 8.74. The largest absolute Gasteiger partial charge is 0.485 e. The molecule has 1 aliphatic heterocycles. The molecule has 1 saturated heterocycles. The van der Waals surface area contributed by atoms with E-state index < -0.39 is 0 Å². The minimum atomic E-state index is -0.198. The van der Waals surface area contributed by atoms with Gasteiger partial charge in [-0.3, -0.25) is 19.3 Å². The number of Topliss-reactive ketones (excluding diaryl/α,β-unsaturated/α-hetero) is 1. The molecule has 4 aliphatic carbocycles. The van der Waals surface area contributed by atoms with E-state index >= 15 is 0 Å². The molecule has 5 nitrogen and oxygen atoms in total. The Kier molecular flexibility index (Phi) is 3.76. The topological polar surface area (TPSA) is 63.7 Å². The van der Waals surface area contributed by atoms with Gasteiger partial charge in [-0.15, -0.1) is 0 Å². The van der Waals surface area contributed by atoms with E-state index in [-0.39, 0.29) is 47.9 Å². The van der Waals surface area contributed by atoms with Gasteiger partial charge in [-0.25, -0.2) is 0 Å². The third-order valence-corrected chi connectivity index (χ3v) is 7.22. The van der Waals surface area contributed by atoms with Gasteiger partial charge >= 0.3 is 0 Å². The van der Waals surface area contributed by atoms with E-state index in [1.54, 1.807) is 36.4 Å². The molecule has 0 N–H and O–H groups in total.